The number of carbonyl (C=O) groups excluding carboxylic acids is 5. The maximum Gasteiger partial charge on any atom is 0.360 e. The Morgan fingerprint density at radius 1 is 1.05 bits per heavy atom. The number of aliphatic hydroxyl groups is 1. The van der Waals surface area contributed by atoms with E-state index in [0.717, 1.165) is 28.2 Å². The Hall–Kier alpha value is -5.55. The van der Waals surface area contributed by atoms with Gasteiger partial charge in [0, 0.05) is 30.6 Å². The van der Waals surface area contributed by atoms with Crippen LogP contribution in [0.15, 0.2) is 32.4 Å². The molecule has 21 nitrogen and oxygen atoms in total. The van der Waals surface area contributed by atoms with Crippen molar-refractivity contribution in [2.24, 2.45) is 11.1 Å². The molecule has 1 aliphatic rings. The fraction of sp³-hybridized carbons (Fsp3) is 0.543. The number of carbonyl (C=O) groups is 5. The predicted octanol–water partition coefficient (Wildman–Crippen LogP) is 0.491. The number of aromatic hydroxyl groups is 1. The molecule has 3 aromatic rings. The number of ketones is 1. The van der Waals surface area contributed by atoms with E-state index < -0.39 is 122 Å². The minimum atomic E-state index is -4.92. The average Bonchev–Trinajstić information content (AvgIpc) is 3.65. The van der Waals surface area contributed by atoms with Crippen LogP contribution < -0.4 is 11.1 Å². The fourth-order valence-electron chi connectivity index (χ4n) is 5.11. The first-order valence-corrected chi connectivity index (χ1v) is 20.1. The topological polar surface area (TPSA) is 289 Å². The van der Waals surface area contributed by atoms with Crippen LogP contribution in [0, 0.1) is 5.92 Å². The van der Waals surface area contributed by atoms with Gasteiger partial charge in [-0.05, 0) is 62.3 Å². The van der Waals surface area contributed by atoms with Gasteiger partial charge in [0.2, 0.25) is 22.8 Å². The largest absolute Gasteiger partial charge is 0.503 e. The van der Waals surface area contributed by atoms with Gasteiger partial charge in [-0.2, -0.15) is 0 Å². The minimum Gasteiger partial charge on any atom is -0.503 e. The molecule has 1 saturated heterocycles. The Bertz CT molecular complexity index is 2370. The first kappa shape index (κ1) is 45.2. The second-order valence-corrected chi connectivity index (χ2v) is 18.6. The van der Waals surface area contributed by atoms with Crippen LogP contribution in [0.3, 0.4) is 0 Å². The van der Waals surface area contributed by atoms with Crippen molar-refractivity contribution in [1.29, 1.82) is 0 Å². The van der Waals surface area contributed by atoms with Gasteiger partial charge in [0.1, 0.15) is 21.9 Å². The number of imide groups is 1. The van der Waals surface area contributed by atoms with Gasteiger partial charge in [0.25, 0.3) is 10.0 Å². The van der Waals surface area contributed by atoms with Crippen molar-refractivity contribution in [2.45, 2.75) is 105 Å². The molecule has 2 amide bonds. The Morgan fingerprint density at radius 3 is 2.26 bits per heavy atom. The predicted molar refractivity (Wildman–Crippen MR) is 204 cm³/mol. The van der Waals surface area contributed by atoms with Crippen LogP contribution in [-0.4, -0.2) is 118 Å². The van der Waals surface area contributed by atoms with Crippen molar-refractivity contribution >= 4 is 56.6 Å². The van der Waals surface area contributed by atoms with E-state index in [2.05, 4.69) is 20.2 Å². The molecule has 23 heteroatoms. The van der Waals surface area contributed by atoms with Gasteiger partial charge in [-0.25, -0.2) is 23.0 Å². The quantitative estimate of drug-likeness (QED) is 0.0812. The number of esters is 2. The number of thiazole rings is 1. The van der Waals surface area contributed by atoms with E-state index in [0.29, 0.717) is 4.90 Å². The maximum absolute atomic E-state index is 13.7. The molecule has 0 aromatic carbocycles. The SMILES string of the molecule is C[C@@H](O)Cn1c(-c2cc(=O)c(O)c[nH]2)nn(S(=O)(=O)CC(=O)N2C[C@H](CC(=O)/C(=N\OC(C)(C)C(=O)OC(C)(C)C)c3csc(CC(=O)OC(C)(C)C)n3)C2=O)c1=O. The van der Waals surface area contributed by atoms with Crippen molar-refractivity contribution in [3.63, 3.8) is 0 Å². The Labute approximate surface area is 335 Å². The maximum atomic E-state index is 13.7. The smallest absolute Gasteiger partial charge is 0.360 e. The molecule has 1 aliphatic heterocycles. The summed E-state index contributed by atoms with van der Waals surface area (Å²) in [5, 5.41) is 28.9. The molecule has 0 saturated carbocycles. The van der Waals surface area contributed by atoms with Crippen LogP contribution in [0.25, 0.3) is 11.5 Å². The van der Waals surface area contributed by atoms with E-state index in [4.69, 9.17) is 14.3 Å². The highest BCUT2D eigenvalue weighted by molar-refractivity contribution is 7.90. The molecular weight excluding hydrogens is 807 g/mol. The minimum absolute atomic E-state index is 0.00844. The molecule has 4 heterocycles. The summed E-state index contributed by atoms with van der Waals surface area (Å²) >= 11 is 1.01. The molecule has 0 spiro atoms. The molecule has 3 aromatic heterocycles. The normalized spacial score (nSPS) is 15.8. The second-order valence-electron chi connectivity index (χ2n) is 15.9. The zero-order valence-electron chi connectivity index (χ0n) is 33.2. The summed E-state index contributed by atoms with van der Waals surface area (Å²) in [5.74, 6) is -7.97. The molecule has 316 valence electrons. The van der Waals surface area contributed by atoms with Gasteiger partial charge in [0.15, 0.2) is 28.8 Å². The number of aromatic nitrogens is 5. The molecule has 3 N–H and O–H groups in total. The van der Waals surface area contributed by atoms with Crippen molar-refractivity contribution in [1.82, 2.24) is 28.6 Å². The first-order chi connectivity index (χ1) is 26.6. The average molecular weight is 852 g/mol. The molecule has 0 radical (unpaired) electrons. The summed E-state index contributed by atoms with van der Waals surface area (Å²) in [4.78, 5) is 103. The third kappa shape index (κ3) is 11.1. The van der Waals surface area contributed by atoms with E-state index in [-0.39, 0.29) is 26.9 Å². The number of H-pyrrole nitrogens is 1. The molecule has 2 atom stereocenters. The molecule has 4 rings (SSSR count). The van der Waals surface area contributed by atoms with Gasteiger partial charge in [-0.1, -0.05) is 5.16 Å². The highest BCUT2D eigenvalue weighted by Crippen LogP contribution is 2.25. The van der Waals surface area contributed by atoms with Crippen LogP contribution in [0.1, 0.15) is 79.4 Å². The number of Topliss-reactive ketones (excluding diaryl/α,β-unsaturated/α-hetero) is 1. The number of aromatic amines is 1. The number of β-lactam (4-membered cyclic amide) rings is 1. The number of rotatable bonds is 15. The van der Waals surface area contributed by atoms with Gasteiger partial charge >= 0.3 is 17.6 Å². The fourth-order valence-corrected chi connectivity index (χ4v) is 7.00. The molecule has 0 unspecified atom stereocenters. The van der Waals surface area contributed by atoms with E-state index in [9.17, 15) is 52.2 Å². The lowest BCUT2D eigenvalue weighted by molar-refractivity contribution is -0.179. The number of nitrogens with one attached hydrogen (secondary N) is 1. The van der Waals surface area contributed by atoms with E-state index in [1.54, 1.807) is 41.5 Å². The molecule has 1 fully saturated rings. The number of hydrogen-bond acceptors (Lipinski definition) is 18. The highest BCUT2D eigenvalue weighted by Gasteiger charge is 2.44. The lowest BCUT2D eigenvalue weighted by atomic mass is 9.91. The van der Waals surface area contributed by atoms with Crippen LogP contribution in [0.5, 0.6) is 5.75 Å². The van der Waals surface area contributed by atoms with Crippen molar-refractivity contribution in [2.75, 3.05) is 12.3 Å². The zero-order valence-corrected chi connectivity index (χ0v) is 34.8. The lowest BCUT2D eigenvalue weighted by Crippen LogP contribution is -2.57. The third-order valence-corrected chi connectivity index (χ3v) is 9.99. The summed E-state index contributed by atoms with van der Waals surface area (Å²) in [7, 11) is -4.92. The van der Waals surface area contributed by atoms with E-state index >= 15 is 0 Å². The van der Waals surface area contributed by atoms with E-state index in [1.165, 1.54) is 26.2 Å². The molecule has 0 bridgehead atoms. The van der Waals surface area contributed by atoms with Crippen molar-refractivity contribution in [3.05, 3.63) is 49.1 Å². The molecular formula is C35H45N7O14S2. The lowest BCUT2D eigenvalue weighted by Gasteiger charge is -2.36. The summed E-state index contributed by atoms with van der Waals surface area (Å²) in [5.41, 5.74) is -6.18. The molecule has 58 heavy (non-hydrogen) atoms. The number of aliphatic hydroxyl groups excluding tert-OH is 1. The highest BCUT2D eigenvalue weighted by atomic mass is 32.2. The van der Waals surface area contributed by atoms with Crippen molar-refractivity contribution < 1.29 is 56.9 Å². The third-order valence-electron chi connectivity index (χ3n) is 7.77. The summed E-state index contributed by atoms with van der Waals surface area (Å²) in [6.07, 6.45) is -1.10. The number of likely N-dealkylation sites (tertiary alicyclic amines) is 1. The van der Waals surface area contributed by atoms with Crippen LogP contribution in [0.2, 0.25) is 0 Å². The number of amides is 2. The van der Waals surface area contributed by atoms with Crippen LogP contribution in [-0.2, 0) is 61.3 Å². The second kappa shape index (κ2) is 16.7. The standard InChI is InChI=1S/C35H45N7O14S2/c1-18(43)14-41-29(20-11-22(44)24(46)13-36-20)38-42(32(41)51)58(52,53)17-26(47)40-15-19(30(40)49)10-23(45)28(39-56-35(8,9)31(50)55-34(5,6)7)21-16-57-25(37-21)12-27(48)54-33(2,3)4/h11,13,16,18-19,43,46H,10,12,14-15,17H2,1-9H3,(H,36,44)/b39-28-/t18-,19+/m1/s1. The number of ether oxygens (including phenoxy) is 2. The summed E-state index contributed by atoms with van der Waals surface area (Å²) in [6, 6.07) is 0.847. The number of oxime groups is 1. The monoisotopic (exact) mass is 851 g/mol. The Kier molecular flexibility index (Phi) is 13.0. The van der Waals surface area contributed by atoms with Gasteiger partial charge in [-0.3, -0.25) is 33.4 Å². The summed E-state index contributed by atoms with van der Waals surface area (Å²) < 4.78 is 38.1. The molecule has 0 aliphatic carbocycles. The number of hydrogen-bond donors (Lipinski definition) is 3. The summed E-state index contributed by atoms with van der Waals surface area (Å²) in [6.45, 7) is 13.2. The number of nitrogens with zero attached hydrogens (tertiary/aromatic N) is 6. The van der Waals surface area contributed by atoms with Gasteiger partial charge in [-0.15, -0.1) is 20.5 Å². The van der Waals surface area contributed by atoms with Gasteiger partial charge in [0.05, 0.1) is 30.7 Å². The van der Waals surface area contributed by atoms with E-state index in [1.807, 2.05) is 0 Å². The van der Waals surface area contributed by atoms with Crippen molar-refractivity contribution in [3.8, 4) is 17.3 Å². The van der Waals surface area contributed by atoms with Gasteiger partial charge < -0.3 is 29.5 Å². The number of pyridine rings is 1. The first-order valence-electron chi connectivity index (χ1n) is 17.7. The zero-order chi connectivity index (χ0) is 43.7. The Morgan fingerprint density at radius 2 is 1.69 bits per heavy atom. The Balaban J connectivity index is 1.53. The van der Waals surface area contributed by atoms with Crippen LogP contribution in [0.4, 0.5) is 0 Å². The van der Waals surface area contributed by atoms with Crippen LogP contribution >= 0.6 is 11.3 Å².